The molecule has 0 aliphatic carbocycles. The summed E-state index contributed by atoms with van der Waals surface area (Å²) in [6, 6.07) is 15.9. The van der Waals surface area contributed by atoms with E-state index in [1.165, 1.54) is 18.9 Å². The number of aromatic nitrogens is 4. The Labute approximate surface area is 189 Å². The number of ether oxygens (including phenoxy) is 2. The average Bonchev–Trinajstić information content (AvgIpc) is 3.27. The molecule has 0 saturated heterocycles. The second-order valence-electron chi connectivity index (χ2n) is 6.77. The second-order valence-corrected chi connectivity index (χ2v) is 7.20. The van der Waals surface area contributed by atoms with Crippen LogP contribution in [0.1, 0.15) is 15.9 Å². The lowest BCUT2D eigenvalue weighted by atomic mass is 10.2. The maximum absolute atomic E-state index is 13.3. The number of rotatable bonds is 7. The molecule has 162 valence electrons. The van der Waals surface area contributed by atoms with Gasteiger partial charge in [0.25, 0.3) is 5.91 Å². The summed E-state index contributed by atoms with van der Waals surface area (Å²) in [7, 11) is 3.05. The molecule has 2 aromatic heterocycles. The van der Waals surface area contributed by atoms with Gasteiger partial charge in [0.05, 0.1) is 14.2 Å². The van der Waals surface area contributed by atoms with E-state index in [4.69, 9.17) is 21.1 Å². The van der Waals surface area contributed by atoms with E-state index in [1.807, 2.05) is 18.2 Å². The summed E-state index contributed by atoms with van der Waals surface area (Å²) in [5, 5.41) is 8.28. The van der Waals surface area contributed by atoms with Crippen molar-refractivity contribution in [1.29, 1.82) is 0 Å². The number of halogens is 1. The molecule has 0 fully saturated rings. The summed E-state index contributed by atoms with van der Waals surface area (Å²) >= 11 is 5.96. The fourth-order valence-corrected chi connectivity index (χ4v) is 3.19. The van der Waals surface area contributed by atoms with Crippen LogP contribution < -0.4 is 14.8 Å². The van der Waals surface area contributed by atoms with Crippen molar-refractivity contribution in [3.05, 3.63) is 83.1 Å². The molecular weight excluding hydrogens is 430 g/mol. The quantitative estimate of drug-likeness (QED) is 0.449. The van der Waals surface area contributed by atoms with E-state index < -0.39 is 0 Å². The zero-order valence-electron chi connectivity index (χ0n) is 17.4. The summed E-state index contributed by atoms with van der Waals surface area (Å²) in [5.41, 5.74) is 2.05. The molecule has 4 aromatic rings. The first kappa shape index (κ1) is 21.3. The van der Waals surface area contributed by atoms with Crippen LogP contribution in [0.3, 0.4) is 0 Å². The number of carbonyl (C=O) groups is 1. The van der Waals surface area contributed by atoms with Crippen LogP contribution in [0.25, 0.3) is 11.4 Å². The van der Waals surface area contributed by atoms with Gasteiger partial charge < -0.3 is 14.8 Å². The maximum atomic E-state index is 13.3. The SMILES string of the molecule is COc1ccc(C(=O)n2nc(-c3cccnc3)nc2NCc2ccc(Cl)cc2)cc1OC. The van der Waals surface area contributed by atoms with Gasteiger partial charge in [-0.1, -0.05) is 23.7 Å². The molecule has 0 spiro atoms. The van der Waals surface area contributed by atoms with Gasteiger partial charge in [-0.15, -0.1) is 5.10 Å². The maximum Gasteiger partial charge on any atom is 0.281 e. The van der Waals surface area contributed by atoms with Crippen molar-refractivity contribution in [2.45, 2.75) is 6.54 Å². The Morgan fingerprint density at radius 1 is 1.06 bits per heavy atom. The van der Waals surface area contributed by atoms with Crippen LogP contribution in [-0.2, 0) is 6.54 Å². The number of carbonyl (C=O) groups excluding carboxylic acids is 1. The van der Waals surface area contributed by atoms with Crippen molar-refractivity contribution in [3.63, 3.8) is 0 Å². The minimum absolute atomic E-state index is 0.304. The lowest BCUT2D eigenvalue weighted by molar-refractivity contribution is 0.0947. The molecule has 2 aromatic carbocycles. The van der Waals surface area contributed by atoms with E-state index in [-0.39, 0.29) is 5.91 Å². The van der Waals surface area contributed by atoms with Gasteiger partial charge in [-0.2, -0.15) is 9.67 Å². The fourth-order valence-electron chi connectivity index (χ4n) is 3.06. The second kappa shape index (κ2) is 9.49. The minimum atomic E-state index is -0.368. The highest BCUT2D eigenvalue weighted by Crippen LogP contribution is 2.28. The topological polar surface area (TPSA) is 91.2 Å². The van der Waals surface area contributed by atoms with Gasteiger partial charge in [-0.3, -0.25) is 9.78 Å². The highest BCUT2D eigenvalue weighted by molar-refractivity contribution is 6.30. The molecule has 4 rings (SSSR count). The van der Waals surface area contributed by atoms with E-state index in [9.17, 15) is 4.79 Å². The molecule has 0 aliphatic rings. The molecular formula is C23H20ClN5O3. The first-order valence-electron chi connectivity index (χ1n) is 9.71. The number of hydrogen-bond acceptors (Lipinski definition) is 7. The summed E-state index contributed by atoms with van der Waals surface area (Å²) in [6.45, 7) is 0.432. The third-order valence-electron chi connectivity index (χ3n) is 4.71. The van der Waals surface area contributed by atoms with Gasteiger partial charge in [-0.25, -0.2) is 0 Å². The molecule has 1 N–H and O–H groups in total. The average molecular weight is 450 g/mol. The molecule has 0 radical (unpaired) electrons. The van der Waals surface area contributed by atoms with Gasteiger partial charge in [0.2, 0.25) is 5.95 Å². The Morgan fingerprint density at radius 2 is 1.84 bits per heavy atom. The van der Waals surface area contributed by atoms with Crippen molar-refractivity contribution in [2.75, 3.05) is 19.5 Å². The number of methoxy groups -OCH3 is 2. The van der Waals surface area contributed by atoms with E-state index in [1.54, 1.807) is 48.8 Å². The molecule has 32 heavy (non-hydrogen) atoms. The third kappa shape index (κ3) is 4.55. The molecule has 9 heteroatoms. The Morgan fingerprint density at radius 3 is 2.53 bits per heavy atom. The van der Waals surface area contributed by atoms with Gasteiger partial charge in [0.1, 0.15) is 0 Å². The summed E-state index contributed by atoms with van der Waals surface area (Å²) in [4.78, 5) is 22.0. The number of hydrogen-bond donors (Lipinski definition) is 1. The molecule has 0 saturated carbocycles. The predicted octanol–water partition coefficient (Wildman–Crippen LogP) is 4.31. The first-order valence-corrected chi connectivity index (χ1v) is 10.1. The molecule has 8 nitrogen and oxygen atoms in total. The Hall–Kier alpha value is -3.91. The lowest BCUT2D eigenvalue weighted by Crippen LogP contribution is -2.17. The molecule has 0 unspecified atom stereocenters. The third-order valence-corrected chi connectivity index (χ3v) is 4.97. The van der Waals surface area contributed by atoms with Crippen molar-refractivity contribution < 1.29 is 14.3 Å². The number of nitrogens with zero attached hydrogens (tertiary/aromatic N) is 4. The minimum Gasteiger partial charge on any atom is -0.493 e. The van der Waals surface area contributed by atoms with Crippen molar-refractivity contribution in [1.82, 2.24) is 19.7 Å². The van der Waals surface area contributed by atoms with Crippen LogP contribution in [0.15, 0.2) is 67.0 Å². The molecule has 0 bridgehead atoms. The standard InChI is InChI=1S/C23H20ClN5O3/c1-31-19-10-7-16(12-20(19)32-2)22(30)29-23(26-13-15-5-8-18(24)9-6-15)27-21(28-29)17-4-3-11-25-14-17/h3-12,14H,13H2,1-2H3,(H,26,27,28). The van der Waals surface area contributed by atoms with Crippen LogP contribution >= 0.6 is 11.6 Å². The predicted molar refractivity (Wildman–Crippen MR) is 121 cm³/mol. The molecule has 2 heterocycles. The van der Waals surface area contributed by atoms with Gasteiger partial charge >= 0.3 is 0 Å². The highest BCUT2D eigenvalue weighted by atomic mass is 35.5. The normalized spacial score (nSPS) is 10.6. The molecule has 0 aliphatic heterocycles. The lowest BCUT2D eigenvalue weighted by Gasteiger charge is -2.10. The van der Waals surface area contributed by atoms with Gasteiger partial charge in [0, 0.05) is 35.1 Å². The molecule has 0 atom stereocenters. The smallest absolute Gasteiger partial charge is 0.281 e. The van der Waals surface area contributed by atoms with E-state index in [0.29, 0.717) is 46.0 Å². The van der Waals surface area contributed by atoms with Crippen LogP contribution in [0.5, 0.6) is 11.5 Å². The van der Waals surface area contributed by atoms with Crippen molar-refractivity contribution in [2.24, 2.45) is 0 Å². The van der Waals surface area contributed by atoms with Crippen LogP contribution in [0, 0.1) is 0 Å². The van der Waals surface area contributed by atoms with Gasteiger partial charge in [0.15, 0.2) is 17.3 Å². The monoisotopic (exact) mass is 449 g/mol. The van der Waals surface area contributed by atoms with E-state index in [0.717, 1.165) is 5.56 Å². The number of pyridine rings is 1. The fraction of sp³-hybridized carbons (Fsp3) is 0.130. The number of nitrogens with one attached hydrogen (secondary N) is 1. The summed E-state index contributed by atoms with van der Waals surface area (Å²) in [6.07, 6.45) is 3.30. The van der Waals surface area contributed by atoms with Gasteiger partial charge in [-0.05, 0) is 48.0 Å². The number of anilines is 1. The Kier molecular flexibility index (Phi) is 6.32. The summed E-state index contributed by atoms with van der Waals surface area (Å²) < 4.78 is 11.8. The van der Waals surface area contributed by atoms with E-state index in [2.05, 4.69) is 20.4 Å². The van der Waals surface area contributed by atoms with Crippen LogP contribution in [-0.4, -0.2) is 39.9 Å². The van der Waals surface area contributed by atoms with Crippen LogP contribution in [0.4, 0.5) is 5.95 Å². The van der Waals surface area contributed by atoms with Crippen molar-refractivity contribution >= 4 is 23.5 Å². The first-order chi connectivity index (χ1) is 15.6. The Balaban J connectivity index is 1.69. The molecule has 0 amide bonds. The van der Waals surface area contributed by atoms with E-state index >= 15 is 0 Å². The zero-order valence-corrected chi connectivity index (χ0v) is 18.2. The Bertz CT molecular complexity index is 1230. The van der Waals surface area contributed by atoms with Crippen LogP contribution in [0.2, 0.25) is 5.02 Å². The van der Waals surface area contributed by atoms with Crippen molar-refractivity contribution in [3.8, 4) is 22.9 Å². The largest absolute Gasteiger partial charge is 0.493 e. The summed E-state index contributed by atoms with van der Waals surface area (Å²) in [5.74, 6) is 1.29. The zero-order chi connectivity index (χ0) is 22.5. The number of benzene rings is 2. The highest BCUT2D eigenvalue weighted by Gasteiger charge is 2.20.